The van der Waals surface area contributed by atoms with E-state index in [2.05, 4.69) is 52.7 Å². The van der Waals surface area contributed by atoms with Crippen LogP contribution in [0.4, 0.5) is 0 Å². The van der Waals surface area contributed by atoms with E-state index in [4.69, 9.17) is 5.11 Å². The maximum atomic E-state index is 9.08. The van der Waals surface area contributed by atoms with Crippen LogP contribution in [0.15, 0.2) is 28.9 Å². The molecule has 1 N–H and O–H groups in total. The van der Waals surface area contributed by atoms with E-state index in [-0.39, 0.29) is 6.61 Å². The molecule has 2 nitrogen and oxygen atoms in total. The first kappa shape index (κ1) is 11.7. The number of aromatic nitrogens is 1. The predicted octanol–water partition coefficient (Wildman–Crippen LogP) is 3.52. The quantitative estimate of drug-likeness (QED) is 0.915. The molecular weight excluding hydrogens is 266 g/mol. The zero-order chi connectivity index (χ0) is 11.7. The van der Waals surface area contributed by atoms with Gasteiger partial charge in [0.15, 0.2) is 0 Å². The first-order valence-corrected chi connectivity index (χ1v) is 6.33. The van der Waals surface area contributed by atoms with Gasteiger partial charge in [0.2, 0.25) is 0 Å². The summed E-state index contributed by atoms with van der Waals surface area (Å²) in [4.78, 5) is 0. The molecule has 0 atom stereocenters. The largest absolute Gasteiger partial charge is 0.396 e. The number of para-hydroxylation sites is 1. The number of benzene rings is 1. The number of rotatable bonds is 3. The Kier molecular flexibility index (Phi) is 3.36. The van der Waals surface area contributed by atoms with E-state index < -0.39 is 0 Å². The number of fused-ring (bicyclic) bond motifs is 1. The van der Waals surface area contributed by atoms with Crippen molar-refractivity contribution in [2.45, 2.75) is 26.3 Å². The monoisotopic (exact) mass is 281 g/mol. The molecule has 86 valence electrons. The highest BCUT2D eigenvalue weighted by atomic mass is 79.9. The third kappa shape index (κ3) is 1.89. The van der Waals surface area contributed by atoms with Gasteiger partial charge in [-0.2, -0.15) is 0 Å². The van der Waals surface area contributed by atoms with Crippen LogP contribution in [0.25, 0.3) is 10.9 Å². The molecule has 0 radical (unpaired) electrons. The molecule has 0 fully saturated rings. The second-order valence-electron chi connectivity index (χ2n) is 4.26. The van der Waals surface area contributed by atoms with E-state index >= 15 is 0 Å². The van der Waals surface area contributed by atoms with E-state index in [1.807, 2.05) is 6.07 Å². The maximum Gasteiger partial charge on any atom is 0.0629 e. The van der Waals surface area contributed by atoms with Crippen LogP contribution < -0.4 is 0 Å². The lowest BCUT2D eigenvalue weighted by molar-refractivity contribution is 0.300. The van der Waals surface area contributed by atoms with Gasteiger partial charge < -0.3 is 9.67 Å². The fourth-order valence-electron chi connectivity index (χ4n) is 2.07. The molecule has 0 aliphatic rings. The Morgan fingerprint density at radius 3 is 2.75 bits per heavy atom. The topological polar surface area (TPSA) is 25.2 Å². The van der Waals surface area contributed by atoms with Crippen LogP contribution >= 0.6 is 15.9 Å². The molecule has 2 aromatic rings. The van der Waals surface area contributed by atoms with Gasteiger partial charge in [0.1, 0.15) is 0 Å². The molecular formula is C13H16BrNO. The fraction of sp³-hybridized carbons (Fsp3) is 0.385. The first-order chi connectivity index (χ1) is 7.65. The highest BCUT2D eigenvalue weighted by Crippen LogP contribution is 2.30. The minimum Gasteiger partial charge on any atom is -0.396 e. The van der Waals surface area contributed by atoms with Crippen molar-refractivity contribution in [2.75, 3.05) is 6.61 Å². The molecule has 0 saturated heterocycles. The summed E-state index contributed by atoms with van der Waals surface area (Å²) in [5, 5.41) is 10.3. The van der Waals surface area contributed by atoms with Crippen molar-refractivity contribution in [2.24, 2.45) is 0 Å². The Morgan fingerprint density at radius 1 is 1.38 bits per heavy atom. The highest BCUT2D eigenvalue weighted by molar-refractivity contribution is 9.10. The second kappa shape index (κ2) is 4.60. The molecule has 3 heteroatoms. The van der Waals surface area contributed by atoms with Gasteiger partial charge in [-0.05, 0) is 47.8 Å². The molecule has 1 aromatic heterocycles. The van der Waals surface area contributed by atoms with Gasteiger partial charge in [0.05, 0.1) is 5.52 Å². The zero-order valence-electron chi connectivity index (χ0n) is 9.57. The third-order valence-corrected chi connectivity index (χ3v) is 3.46. The molecule has 0 spiro atoms. The Balaban J connectivity index is 2.71. The van der Waals surface area contributed by atoms with Crippen molar-refractivity contribution in [3.63, 3.8) is 0 Å². The van der Waals surface area contributed by atoms with Crippen LogP contribution in [0.3, 0.4) is 0 Å². The van der Waals surface area contributed by atoms with E-state index in [0.717, 1.165) is 4.47 Å². The normalized spacial score (nSPS) is 11.6. The summed E-state index contributed by atoms with van der Waals surface area (Å²) in [7, 11) is 0. The zero-order valence-corrected chi connectivity index (χ0v) is 11.2. The number of nitrogens with zero attached hydrogens (tertiary/aromatic N) is 1. The molecule has 0 saturated carbocycles. The van der Waals surface area contributed by atoms with Crippen molar-refractivity contribution in [1.29, 1.82) is 0 Å². The van der Waals surface area contributed by atoms with Crippen LogP contribution in [-0.4, -0.2) is 16.3 Å². The molecule has 0 unspecified atom stereocenters. The van der Waals surface area contributed by atoms with E-state index in [0.29, 0.717) is 12.5 Å². The predicted molar refractivity (Wildman–Crippen MR) is 70.8 cm³/mol. The Morgan fingerprint density at radius 2 is 2.12 bits per heavy atom. The molecule has 0 aliphatic heterocycles. The molecule has 16 heavy (non-hydrogen) atoms. The van der Waals surface area contributed by atoms with Crippen molar-refractivity contribution in [3.8, 4) is 0 Å². The molecule has 0 aliphatic carbocycles. The van der Waals surface area contributed by atoms with Crippen molar-refractivity contribution >= 4 is 26.8 Å². The molecule has 1 aromatic carbocycles. The standard InChI is InChI=1S/C13H16BrNO/c1-9(2)15-8-10(6-7-16)11-4-3-5-12(14)13(11)15/h3-5,8-9,16H,6-7H2,1-2H3. The van der Waals surface area contributed by atoms with Crippen LogP contribution in [-0.2, 0) is 6.42 Å². The van der Waals surface area contributed by atoms with Crippen LogP contribution in [0, 0.1) is 0 Å². The molecule has 0 bridgehead atoms. The van der Waals surface area contributed by atoms with E-state index in [1.54, 1.807) is 0 Å². The van der Waals surface area contributed by atoms with Gasteiger partial charge in [0.25, 0.3) is 0 Å². The lowest BCUT2D eigenvalue weighted by Gasteiger charge is -2.10. The summed E-state index contributed by atoms with van der Waals surface area (Å²) in [6.07, 6.45) is 2.86. The van der Waals surface area contributed by atoms with Crippen molar-refractivity contribution < 1.29 is 5.11 Å². The van der Waals surface area contributed by atoms with E-state index in [9.17, 15) is 0 Å². The van der Waals surface area contributed by atoms with E-state index in [1.165, 1.54) is 16.5 Å². The van der Waals surface area contributed by atoms with Crippen LogP contribution in [0.5, 0.6) is 0 Å². The van der Waals surface area contributed by atoms with Gasteiger partial charge in [-0.1, -0.05) is 12.1 Å². The van der Waals surface area contributed by atoms with Gasteiger partial charge in [-0.15, -0.1) is 0 Å². The Hall–Kier alpha value is -0.800. The Bertz CT molecular complexity index is 502. The summed E-state index contributed by atoms with van der Waals surface area (Å²) in [5.74, 6) is 0. The number of aliphatic hydroxyl groups excluding tert-OH is 1. The second-order valence-corrected chi connectivity index (χ2v) is 5.12. The molecule has 1 heterocycles. The third-order valence-electron chi connectivity index (χ3n) is 2.82. The SMILES string of the molecule is CC(C)n1cc(CCO)c2cccc(Br)c21. The summed E-state index contributed by atoms with van der Waals surface area (Å²) in [5.41, 5.74) is 2.44. The van der Waals surface area contributed by atoms with Crippen LogP contribution in [0.1, 0.15) is 25.5 Å². The smallest absolute Gasteiger partial charge is 0.0629 e. The molecule has 0 amide bonds. The summed E-state index contributed by atoms with van der Waals surface area (Å²) >= 11 is 3.60. The first-order valence-electron chi connectivity index (χ1n) is 5.54. The highest BCUT2D eigenvalue weighted by Gasteiger charge is 2.12. The van der Waals surface area contributed by atoms with Gasteiger partial charge in [0, 0.05) is 28.7 Å². The number of halogens is 1. The van der Waals surface area contributed by atoms with Gasteiger partial charge in [-0.3, -0.25) is 0 Å². The van der Waals surface area contributed by atoms with Crippen molar-refractivity contribution in [3.05, 3.63) is 34.4 Å². The van der Waals surface area contributed by atoms with Gasteiger partial charge >= 0.3 is 0 Å². The molecule has 2 rings (SSSR count). The van der Waals surface area contributed by atoms with Crippen molar-refractivity contribution in [1.82, 2.24) is 4.57 Å². The summed E-state index contributed by atoms with van der Waals surface area (Å²) in [6, 6.07) is 6.64. The minimum atomic E-state index is 0.198. The number of hydrogen-bond donors (Lipinski definition) is 1. The Labute approximate surface area is 104 Å². The lowest BCUT2D eigenvalue weighted by atomic mass is 10.1. The lowest BCUT2D eigenvalue weighted by Crippen LogP contribution is -1.98. The average molecular weight is 282 g/mol. The number of hydrogen-bond acceptors (Lipinski definition) is 1. The minimum absolute atomic E-state index is 0.198. The van der Waals surface area contributed by atoms with Gasteiger partial charge in [-0.25, -0.2) is 0 Å². The summed E-state index contributed by atoms with van der Waals surface area (Å²) in [6.45, 7) is 4.53. The fourth-order valence-corrected chi connectivity index (χ4v) is 2.64. The summed E-state index contributed by atoms with van der Waals surface area (Å²) < 4.78 is 3.37. The maximum absolute atomic E-state index is 9.08. The average Bonchev–Trinajstić information content (AvgIpc) is 2.60. The van der Waals surface area contributed by atoms with Crippen LogP contribution in [0.2, 0.25) is 0 Å². The number of aliphatic hydroxyl groups is 1.